The number of benzene rings is 2. The molecule has 1 amide bonds. The van der Waals surface area contributed by atoms with Crippen LogP contribution in [0.4, 0.5) is 0 Å². The minimum absolute atomic E-state index is 0. The number of halogens is 1. The summed E-state index contributed by atoms with van der Waals surface area (Å²) in [5.41, 5.74) is 5.71. The van der Waals surface area contributed by atoms with Gasteiger partial charge in [0, 0.05) is 17.8 Å². The molecule has 1 aromatic rings. The Kier molecular flexibility index (Phi) is 7.89. The minimum atomic E-state index is -0.738. The fourth-order valence-electron chi connectivity index (χ4n) is 2.30. The number of carbonyl (C=O) groups is 1. The van der Waals surface area contributed by atoms with Crippen LogP contribution in [0.2, 0.25) is 0 Å². The molecule has 0 saturated heterocycles. The van der Waals surface area contributed by atoms with Crippen molar-refractivity contribution in [1.82, 2.24) is 5.32 Å². The van der Waals surface area contributed by atoms with Crippen LogP contribution >= 0.6 is 12.4 Å². The summed E-state index contributed by atoms with van der Waals surface area (Å²) < 4.78 is 0. The highest BCUT2D eigenvalue weighted by atomic mass is 35.5. The second-order valence-electron chi connectivity index (χ2n) is 6.11. The van der Waals surface area contributed by atoms with Crippen molar-refractivity contribution in [2.24, 2.45) is 5.73 Å². The van der Waals surface area contributed by atoms with Gasteiger partial charge < -0.3 is 26.4 Å². The molecular formula is C19H25ClN2O4. The number of aliphatic hydroxyl groups is 1. The second-order valence-corrected chi connectivity index (χ2v) is 6.11. The van der Waals surface area contributed by atoms with E-state index in [2.05, 4.69) is 12.2 Å². The van der Waals surface area contributed by atoms with Crippen molar-refractivity contribution in [1.29, 1.82) is 0 Å². The fraction of sp³-hybridized carbons (Fsp3) is 0.316. The lowest BCUT2D eigenvalue weighted by Gasteiger charge is -2.16. The van der Waals surface area contributed by atoms with Gasteiger partial charge in [-0.25, -0.2) is 0 Å². The van der Waals surface area contributed by atoms with Gasteiger partial charge in [-0.3, -0.25) is 4.79 Å². The maximum Gasteiger partial charge on any atom is 0.252 e. The van der Waals surface area contributed by atoms with Crippen molar-refractivity contribution in [3.05, 3.63) is 58.0 Å². The molecule has 7 heteroatoms. The Labute approximate surface area is 158 Å². The van der Waals surface area contributed by atoms with E-state index < -0.39 is 12.0 Å². The van der Waals surface area contributed by atoms with E-state index in [1.165, 1.54) is 17.4 Å². The normalized spacial score (nSPS) is 12.9. The van der Waals surface area contributed by atoms with E-state index in [-0.39, 0.29) is 23.7 Å². The van der Waals surface area contributed by atoms with Crippen LogP contribution in [-0.4, -0.2) is 33.8 Å². The Morgan fingerprint density at radius 1 is 1.15 bits per heavy atom. The van der Waals surface area contributed by atoms with Gasteiger partial charge in [0.15, 0.2) is 0 Å². The molecule has 2 aliphatic rings. The molecule has 0 bridgehead atoms. The zero-order valence-electron chi connectivity index (χ0n) is 14.8. The van der Waals surface area contributed by atoms with Crippen molar-refractivity contribution in [3.8, 4) is 11.5 Å². The summed E-state index contributed by atoms with van der Waals surface area (Å²) in [6.45, 7) is 4.46. The van der Waals surface area contributed by atoms with Crippen LogP contribution in [0, 0.1) is 10.4 Å². The fourth-order valence-corrected chi connectivity index (χ4v) is 2.30. The standard InChI is InChI=1S/C13H20N2O3.C6H4O.ClH/c1-3-8(2)15-7-12(17)9-4-5-11(16)10(6-9)13(14)18;7-6-3-4-1-2-5(4)6;/h4-6,8,12,15-17H,3,7H2,1-2H3,(H2,14,18);1-3,7H;1H. The van der Waals surface area contributed by atoms with Gasteiger partial charge in [0.2, 0.25) is 0 Å². The molecule has 6 N–H and O–H groups in total. The number of hydrogen-bond acceptors (Lipinski definition) is 5. The third kappa shape index (κ3) is 5.11. The molecule has 0 aromatic heterocycles. The lowest BCUT2D eigenvalue weighted by molar-refractivity contribution is 0.0997. The maximum atomic E-state index is 11.1. The summed E-state index contributed by atoms with van der Waals surface area (Å²) in [7, 11) is 0. The van der Waals surface area contributed by atoms with Crippen molar-refractivity contribution in [2.45, 2.75) is 32.4 Å². The largest absolute Gasteiger partial charge is 0.507 e. The Balaban J connectivity index is 0.000000347. The summed E-state index contributed by atoms with van der Waals surface area (Å²) >= 11 is 0. The summed E-state index contributed by atoms with van der Waals surface area (Å²) in [4.78, 5) is 11.1. The van der Waals surface area contributed by atoms with Crippen LogP contribution < -0.4 is 11.1 Å². The number of nitrogens with two attached hydrogens (primary N) is 1. The van der Waals surface area contributed by atoms with E-state index in [0.29, 0.717) is 23.9 Å². The number of phenols is 2. The van der Waals surface area contributed by atoms with E-state index >= 15 is 0 Å². The number of aromatic hydroxyl groups is 2. The van der Waals surface area contributed by atoms with Crippen LogP contribution in [-0.2, 0) is 0 Å². The zero-order chi connectivity index (χ0) is 18.6. The Morgan fingerprint density at radius 3 is 2.23 bits per heavy atom. The first-order chi connectivity index (χ1) is 11.8. The summed E-state index contributed by atoms with van der Waals surface area (Å²) in [5.74, 6) is -0.442. The third-order valence-corrected chi connectivity index (χ3v) is 4.25. The van der Waals surface area contributed by atoms with Gasteiger partial charge in [0.05, 0.1) is 11.7 Å². The molecule has 2 aliphatic carbocycles. The van der Waals surface area contributed by atoms with Crippen LogP contribution in [0.15, 0.2) is 36.4 Å². The Bertz CT molecular complexity index is 857. The second kappa shape index (κ2) is 9.43. The number of carbonyl (C=O) groups excluding carboxylic acids is 1. The molecule has 3 rings (SSSR count). The predicted octanol–water partition coefficient (Wildman–Crippen LogP) is 2.33. The van der Waals surface area contributed by atoms with Gasteiger partial charge in [-0.1, -0.05) is 25.1 Å². The SMILES string of the molecule is CCC(C)NCC(O)c1ccc(O)c(C(N)=O)c1.Cl.Oc1cc2ccc1=2. The van der Waals surface area contributed by atoms with Crippen molar-refractivity contribution < 1.29 is 20.1 Å². The third-order valence-electron chi connectivity index (χ3n) is 4.25. The summed E-state index contributed by atoms with van der Waals surface area (Å²) in [6.07, 6.45) is 0.229. The van der Waals surface area contributed by atoms with Crippen LogP contribution in [0.1, 0.15) is 42.3 Å². The number of rotatable bonds is 6. The number of nitrogens with one attached hydrogen (secondary N) is 1. The van der Waals surface area contributed by atoms with E-state index in [4.69, 9.17) is 10.8 Å². The average molecular weight is 381 g/mol. The smallest absolute Gasteiger partial charge is 0.252 e. The predicted molar refractivity (Wildman–Crippen MR) is 102 cm³/mol. The van der Waals surface area contributed by atoms with Crippen molar-refractivity contribution in [2.75, 3.05) is 6.54 Å². The van der Waals surface area contributed by atoms with Crippen LogP contribution in [0.25, 0.3) is 0 Å². The van der Waals surface area contributed by atoms with Gasteiger partial charge in [0.1, 0.15) is 11.5 Å². The molecular weight excluding hydrogens is 356 g/mol. The summed E-state index contributed by atoms with van der Waals surface area (Å²) in [6, 6.07) is 10.3. The van der Waals surface area contributed by atoms with Gasteiger partial charge >= 0.3 is 0 Å². The van der Waals surface area contributed by atoms with Gasteiger partial charge in [-0.2, -0.15) is 0 Å². The molecule has 2 unspecified atom stereocenters. The molecule has 0 aliphatic heterocycles. The molecule has 6 nitrogen and oxygen atoms in total. The summed E-state index contributed by atoms with van der Waals surface area (Å²) in [5, 5.41) is 33.5. The van der Waals surface area contributed by atoms with Crippen LogP contribution in [0.3, 0.4) is 0 Å². The highest BCUT2D eigenvalue weighted by Crippen LogP contribution is 2.22. The minimum Gasteiger partial charge on any atom is -0.507 e. The molecule has 26 heavy (non-hydrogen) atoms. The highest BCUT2D eigenvalue weighted by molar-refractivity contribution is 5.95. The van der Waals surface area contributed by atoms with E-state index in [9.17, 15) is 15.0 Å². The molecule has 0 saturated carbocycles. The molecule has 1 aromatic carbocycles. The molecule has 0 heterocycles. The van der Waals surface area contributed by atoms with Crippen molar-refractivity contribution in [3.63, 3.8) is 0 Å². The van der Waals surface area contributed by atoms with Crippen molar-refractivity contribution >= 4 is 18.3 Å². The van der Waals surface area contributed by atoms with E-state index in [1.807, 2.05) is 19.1 Å². The topological polar surface area (TPSA) is 116 Å². The number of phenolic OH excluding ortho intramolecular Hbond substituents is 1. The van der Waals surface area contributed by atoms with Gasteiger partial charge in [-0.05, 0) is 42.3 Å². The lowest BCUT2D eigenvalue weighted by atomic mass is 10.0. The van der Waals surface area contributed by atoms with E-state index in [0.717, 1.165) is 11.6 Å². The lowest BCUT2D eigenvalue weighted by Crippen LogP contribution is -2.29. The molecule has 2 atom stereocenters. The number of aliphatic hydroxyl groups excluding tert-OH is 1. The first-order valence-corrected chi connectivity index (χ1v) is 8.21. The number of amides is 1. The Morgan fingerprint density at radius 2 is 1.85 bits per heavy atom. The number of hydrogen-bond donors (Lipinski definition) is 5. The maximum absolute atomic E-state index is 11.1. The molecule has 142 valence electrons. The molecule has 0 spiro atoms. The highest BCUT2D eigenvalue weighted by Gasteiger charge is 2.13. The number of primary amides is 1. The average Bonchev–Trinajstić information content (AvgIpc) is 2.57. The van der Waals surface area contributed by atoms with E-state index in [1.54, 1.807) is 12.1 Å². The first kappa shape index (κ1) is 21.8. The molecule has 0 radical (unpaired) electrons. The zero-order valence-corrected chi connectivity index (χ0v) is 15.6. The quantitative estimate of drug-likeness (QED) is 0.450. The first-order valence-electron chi connectivity index (χ1n) is 8.21. The Hall–Kier alpha value is -2.28. The van der Waals surface area contributed by atoms with Gasteiger partial charge in [-0.15, -0.1) is 12.4 Å². The molecule has 0 fully saturated rings. The van der Waals surface area contributed by atoms with Crippen LogP contribution in [0.5, 0.6) is 11.5 Å². The monoisotopic (exact) mass is 380 g/mol. The van der Waals surface area contributed by atoms with Gasteiger partial charge in [0.25, 0.3) is 5.91 Å².